The van der Waals surface area contributed by atoms with Crippen molar-refractivity contribution >= 4 is 0 Å². The lowest BCUT2D eigenvalue weighted by Gasteiger charge is -2.41. The molecule has 0 saturated carbocycles. The van der Waals surface area contributed by atoms with E-state index in [1.807, 2.05) is 0 Å². The minimum absolute atomic E-state index is 0.816. The molecule has 0 aliphatic carbocycles. The molecule has 2 nitrogen and oxygen atoms in total. The summed E-state index contributed by atoms with van der Waals surface area (Å²) in [6.07, 6.45) is 5.59. The second kappa shape index (κ2) is 5.50. The molecular weight excluding hydrogens is 196 g/mol. The molecule has 0 aromatic heterocycles. The van der Waals surface area contributed by atoms with Crippen molar-refractivity contribution in [3.63, 3.8) is 0 Å². The monoisotopic (exact) mass is 224 g/mol. The Morgan fingerprint density at radius 3 is 2.25 bits per heavy atom. The van der Waals surface area contributed by atoms with E-state index in [0.29, 0.717) is 0 Å². The van der Waals surface area contributed by atoms with Crippen molar-refractivity contribution in [3.05, 3.63) is 0 Å². The van der Waals surface area contributed by atoms with Crippen molar-refractivity contribution in [1.82, 2.24) is 10.6 Å². The summed E-state index contributed by atoms with van der Waals surface area (Å²) < 4.78 is 0. The first-order valence-corrected chi connectivity index (χ1v) is 7.12. The average Bonchev–Trinajstić information content (AvgIpc) is 2.15. The Morgan fingerprint density at radius 2 is 1.81 bits per heavy atom. The maximum absolute atomic E-state index is 3.60. The highest BCUT2D eigenvalue weighted by atomic mass is 15.0. The van der Waals surface area contributed by atoms with Crippen LogP contribution in [-0.2, 0) is 0 Å². The molecule has 3 unspecified atom stereocenters. The van der Waals surface area contributed by atoms with E-state index in [-0.39, 0.29) is 0 Å². The topological polar surface area (TPSA) is 24.1 Å². The third-order valence-corrected chi connectivity index (χ3v) is 4.25. The predicted molar refractivity (Wildman–Crippen MR) is 69.5 cm³/mol. The first-order valence-electron chi connectivity index (χ1n) is 7.12. The minimum atomic E-state index is 0.816. The van der Waals surface area contributed by atoms with Gasteiger partial charge in [-0.15, -0.1) is 0 Å². The molecule has 2 saturated heterocycles. The van der Waals surface area contributed by atoms with Crippen molar-refractivity contribution in [1.29, 1.82) is 0 Å². The Balaban J connectivity index is 1.64. The number of rotatable bonds is 6. The molecular formula is C14H28N2. The Labute approximate surface area is 101 Å². The molecule has 4 atom stereocenters. The summed E-state index contributed by atoms with van der Waals surface area (Å²) in [5, 5.41) is 7.11. The van der Waals surface area contributed by atoms with Crippen LogP contribution in [0.25, 0.3) is 0 Å². The fourth-order valence-electron chi connectivity index (χ4n) is 3.13. The van der Waals surface area contributed by atoms with Crippen LogP contribution in [0.1, 0.15) is 46.5 Å². The summed E-state index contributed by atoms with van der Waals surface area (Å²) in [5.74, 6) is 2.70. The van der Waals surface area contributed by atoms with E-state index in [1.54, 1.807) is 0 Å². The molecule has 94 valence electrons. The molecule has 0 spiro atoms. The largest absolute Gasteiger partial charge is 0.314 e. The molecule has 0 bridgehead atoms. The zero-order valence-corrected chi connectivity index (χ0v) is 11.1. The molecule has 0 aromatic carbocycles. The van der Waals surface area contributed by atoms with Gasteiger partial charge in [0.1, 0.15) is 0 Å². The summed E-state index contributed by atoms with van der Waals surface area (Å²) in [4.78, 5) is 0. The van der Waals surface area contributed by atoms with Gasteiger partial charge in [-0.2, -0.15) is 0 Å². The van der Waals surface area contributed by atoms with E-state index in [2.05, 4.69) is 31.4 Å². The molecule has 2 fully saturated rings. The van der Waals surface area contributed by atoms with Crippen LogP contribution in [-0.4, -0.2) is 25.2 Å². The van der Waals surface area contributed by atoms with Crippen molar-refractivity contribution in [2.24, 2.45) is 17.8 Å². The highest BCUT2D eigenvalue weighted by Crippen LogP contribution is 2.29. The summed E-state index contributed by atoms with van der Waals surface area (Å²) in [6, 6.07) is 1.66. The second-order valence-electron chi connectivity index (χ2n) is 6.42. The van der Waals surface area contributed by atoms with Gasteiger partial charge in [0.15, 0.2) is 0 Å². The van der Waals surface area contributed by atoms with Crippen LogP contribution in [0.2, 0.25) is 0 Å². The molecule has 0 aromatic rings. The molecule has 2 aliphatic rings. The SMILES string of the molecule is CC(C)CC1NCC1CC(C)C[C@H]1CCN1. The summed E-state index contributed by atoms with van der Waals surface area (Å²) in [5.41, 5.74) is 0. The van der Waals surface area contributed by atoms with Gasteiger partial charge in [-0.05, 0) is 56.5 Å². The molecule has 0 amide bonds. The van der Waals surface area contributed by atoms with Crippen LogP contribution in [0.3, 0.4) is 0 Å². The number of hydrogen-bond acceptors (Lipinski definition) is 2. The first-order chi connectivity index (χ1) is 7.65. The lowest BCUT2D eigenvalue weighted by atomic mass is 9.78. The van der Waals surface area contributed by atoms with E-state index in [0.717, 1.165) is 29.8 Å². The fourth-order valence-corrected chi connectivity index (χ4v) is 3.13. The van der Waals surface area contributed by atoms with Crippen LogP contribution in [0, 0.1) is 17.8 Å². The summed E-state index contributed by atoms with van der Waals surface area (Å²) >= 11 is 0. The Bertz CT molecular complexity index is 211. The smallest absolute Gasteiger partial charge is 0.0110 e. The zero-order chi connectivity index (χ0) is 11.5. The maximum atomic E-state index is 3.60. The Hall–Kier alpha value is -0.0800. The van der Waals surface area contributed by atoms with E-state index < -0.39 is 0 Å². The standard InChI is InChI=1S/C14H28N2/c1-10(2)6-14-12(9-16-14)7-11(3)8-13-4-5-15-13/h10-16H,4-9H2,1-3H3/t11?,12?,13-,14?/m1/s1. The number of hydrogen-bond donors (Lipinski definition) is 2. The molecule has 2 heteroatoms. The normalized spacial score (nSPS) is 35.6. The number of nitrogens with one attached hydrogen (secondary N) is 2. The van der Waals surface area contributed by atoms with Crippen molar-refractivity contribution in [2.45, 2.75) is 58.5 Å². The van der Waals surface area contributed by atoms with Crippen LogP contribution >= 0.6 is 0 Å². The second-order valence-corrected chi connectivity index (χ2v) is 6.42. The van der Waals surface area contributed by atoms with E-state index in [4.69, 9.17) is 0 Å². The van der Waals surface area contributed by atoms with Crippen LogP contribution in [0.5, 0.6) is 0 Å². The van der Waals surface area contributed by atoms with Gasteiger partial charge in [-0.3, -0.25) is 0 Å². The van der Waals surface area contributed by atoms with E-state index in [1.165, 1.54) is 38.8 Å². The van der Waals surface area contributed by atoms with Crippen LogP contribution in [0.4, 0.5) is 0 Å². The van der Waals surface area contributed by atoms with Gasteiger partial charge >= 0.3 is 0 Å². The lowest BCUT2D eigenvalue weighted by Crippen LogP contribution is -2.54. The Morgan fingerprint density at radius 1 is 1.06 bits per heavy atom. The van der Waals surface area contributed by atoms with Crippen molar-refractivity contribution in [2.75, 3.05) is 13.1 Å². The van der Waals surface area contributed by atoms with Gasteiger partial charge in [0, 0.05) is 12.1 Å². The first kappa shape index (κ1) is 12.4. The predicted octanol–water partition coefficient (Wildman–Crippen LogP) is 2.40. The van der Waals surface area contributed by atoms with Crippen molar-refractivity contribution in [3.8, 4) is 0 Å². The highest BCUT2D eigenvalue weighted by molar-refractivity contribution is 4.90. The minimum Gasteiger partial charge on any atom is -0.314 e. The molecule has 2 N–H and O–H groups in total. The van der Waals surface area contributed by atoms with Gasteiger partial charge in [0.25, 0.3) is 0 Å². The van der Waals surface area contributed by atoms with Gasteiger partial charge < -0.3 is 10.6 Å². The zero-order valence-electron chi connectivity index (χ0n) is 11.1. The molecule has 0 radical (unpaired) electrons. The van der Waals surface area contributed by atoms with Crippen LogP contribution < -0.4 is 10.6 Å². The fraction of sp³-hybridized carbons (Fsp3) is 1.00. The quantitative estimate of drug-likeness (QED) is 0.724. The lowest BCUT2D eigenvalue weighted by molar-refractivity contribution is 0.158. The molecule has 2 rings (SSSR count). The molecule has 16 heavy (non-hydrogen) atoms. The van der Waals surface area contributed by atoms with Crippen LogP contribution in [0.15, 0.2) is 0 Å². The van der Waals surface area contributed by atoms with E-state index in [9.17, 15) is 0 Å². The van der Waals surface area contributed by atoms with Gasteiger partial charge in [-0.25, -0.2) is 0 Å². The molecule has 2 aliphatic heterocycles. The third-order valence-electron chi connectivity index (χ3n) is 4.25. The van der Waals surface area contributed by atoms with Crippen molar-refractivity contribution < 1.29 is 0 Å². The summed E-state index contributed by atoms with van der Waals surface area (Å²) in [7, 11) is 0. The van der Waals surface area contributed by atoms with Gasteiger partial charge in [0.05, 0.1) is 0 Å². The highest BCUT2D eigenvalue weighted by Gasteiger charge is 2.32. The average molecular weight is 224 g/mol. The molecule has 2 heterocycles. The van der Waals surface area contributed by atoms with E-state index >= 15 is 0 Å². The van der Waals surface area contributed by atoms with Gasteiger partial charge in [-0.1, -0.05) is 20.8 Å². The maximum Gasteiger partial charge on any atom is 0.0110 e. The Kier molecular flexibility index (Phi) is 4.26. The van der Waals surface area contributed by atoms with Gasteiger partial charge in [0.2, 0.25) is 0 Å². The summed E-state index contributed by atoms with van der Waals surface area (Å²) in [6.45, 7) is 9.61. The third kappa shape index (κ3) is 3.21.